The van der Waals surface area contributed by atoms with Crippen LogP contribution in [0.2, 0.25) is 0 Å². The van der Waals surface area contributed by atoms with E-state index < -0.39 is 6.04 Å². The van der Waals surface area contributed by atoms with E-state index in [1.165, 1.54) is 0 Å². The predicted octanol–water partition coefficient (Wildman–Crippen LogP) is 3.22. The largest absolute Gasteiger partial charge is 0.492 e. The Balaban J connectivity index is 2.22. The highest BCUT2D eigenvalue weighted by Crippen LogP contribution is 2.27. The Bertz CT molecular complexity index is 765. The van der Waals surface area contributed by atoms with Crippen molar-refractivity contribution in [1.82, 2.24) is 10.2 Å². The maximum absolute atomic E-state index is 13.2. The van der Waals surface area contributed by atoms with Crippen molar-refractivity contribution in [2.24, 2.45) is 0 Å². The molecule has 2 rings (SSSR count). The van der Waals surface area contributed by atoms with Crippen LogP contribution in [0.5, 0.6) is 5.75 Å². The summed E-state index contributed by atoms with van der Waals surface area (Å²) in [5, 5.41) is 5.81. The Hall–Kier alpha value is -2.86. The van der Waals surface area contributed by atoms with Gasteiger partial charge in [0.2, 0.25) is 11.8 Å². The Morgan fingerprint density at radius 2 is 1.71 bits per heavy atom. The summed E-state index contributed by atoms with van der Waals surface area (Å²) < 4.78 is 5.60. The minimum absolute atomic E-state index is 0.104. The Morgan fingerprint density at radius 1 is 1.04 bits per heavy atom. The fraction of sp³-hybridized carbons (Fsp3) is 0.364. The van der Waals surface area contributed by atoms with Crippen molar-refractivity contribution in [3.8, 4) is 5.75 Å². The number of hydrogen-bond donors (Lipinski definition) is 2. The van der Waals surface area contributed by atoms with Crippen molar-refractivity contribution < 1.29 is 14.3 Å². The molecule has 0 bridgehead atoms. The summed E-state index contributed by atoms with van der Waals surface area (Å²) in [5.41, 5.74) is 1.43. The van der Waals surface area contributed by atoms with Gasteiger partial charge < -0.3 is 15.4 Å². The van der Waals surface area contributed by atoms with Gasteiger partial charge in [-0.1, -0.05) is 49.4 Å². The second-order valence-electron chi connectivity index (χ2n) is 6.50. The number of hydrogen-bond acceptors (Lipinski definition) is 4. The van der Waals surface area contributed by atoms with Crippen LogP contribution in [0.15, 0.2) is 54.6 Å². The molecular formula is C22H29N3O3. The molecule has 150 valence electrons. The first kappa shape index (κ1) is 21.4. The zero-order valence-corrected chi connectivity index (χ0v) is 16.8. The van der Waals surface area contributed by atoms with Crippen LogP contribution in [0.25, 0.3) is 0 Å². The van der Waals surface area contributed by atoms with Gasteiger partial charge in [-0.05, 0) is 38.1 Å². The standard InChI is InChI=1S/C22H29N3O3/c1-4-15-23-20(26)16-25(3)21(17-11-7-6-8-12-17)22(27)24-18-13-9-10-14-19(18)28-5-2/h6-14,21H,4-5,15-16H2,1-3H3,(H,23,26)(H,24,27)/t21-/m1/s1. The highest BCUT2D eigenvalue weighted by Gasteiger charge is 2.27. The number of ether oxygens (including phenoxy) is 1. The second kappa shape index (κ2) is 11.1. The van der Waals surface area contributed by atoms with Gasteiger partial charge in [0.1, 0.15) is 11.8 Å². The lowest BCUT2D eigenvalue weighted by Crippen LogP contribution is -2.41. The number of carbonyl (C=O) groups is 2. The molecule has 0 unspecified atom stereocenters. The molecule has 2 aromatic rings. The van der Waals surface area contributed by atoms with Crippen LogP contribution in [0.1, 0.15) is 31.9 Å². The highest BCUT2D eigenvalue weighted by atomic mass is 16.5. The smallest absolute Gasteiger partial charge is 0.246 e. The normalized spacial score (nSPS) is 11.7. The molecular weight excluding hydrogens is 354 g/mol. The Morgan fingerprint density at radius 3 is 2.39 bits per heavy atom. The molecule has 0 heterocycles. The number of likely N-dealkylation sites (N-methyl/N-ethyl adjacent to an activating group) is 1. The van der Waals surface area contributed by atoms with E-state index in [1.807, 2.05) is 62.4 Å². The molecule has 6 nitrogen and oxygen atoms in total. The number of nitrogens with zero attached hydrogens (tertiary/aromatic N) is 1. The predicted molar refractivity (Wildman–Crippen MR) is 111 cm³/mol. The van der Waals surface area contributed by atoms with Crippen molar-refractivity contribution in [2.45, 2.75) is 26.3 Å². The number of amides is 2. The fourth-order valence-electron chi connectivity index (χ4n) is 2.93. The monoisotopic (exact) mass is 383 g/mol. The van der Waals surface area contributed by atoms with Crippen molar-refractivity contribution in [1.29, 1.82) is 0 Å². The van der Waals surface area contributed by atoms with E-state index in [-0.39, 0.29) is 18.4 Å². The van der Waals surface area contributed by atoms with Crippen LogP contribution in [0.4, 0.5) is 5.69 Å². The third-order valence-corrected chi connectivity index (χ3v) is 4.21. The zero-order valence-electron chi connectivity index (χ0n) is 16.8. The molecule has 28 heavy (non-hydrogen) atoms. The summed E-state index contributed by atoms with van der Waals surface area (Å²) in [6.45, 7) is 5.15. The number of anilines is 1. The molecule has 0 aliphatic carbocycles. The summed E-state index contributed by atoms with van der Waals surface area (Å²) in [6, 6.07) is 16.2. The first-order valence-electron chi connectivity index (χ1n) is 9.61. The highest BCUT2D eigenvalue weighted by molar-refractivity contribution is 5.97. The van der Waals surface area contributed by atoms with E-state index in [2.05, 4.69) is 10.6 Å². The lowest BCUT2D eigenvalue weighted by molar-refractivity contribution is -0.125. The van der Waals surface area contributed by atoms with Crippen LogP contribution in [0.3, 0.4) is 0 Å². The zero-order chi connectivity index (χ0) is 20.4. The second-order valence-corrected chi connectivity index (χ2v) is 6.50. The van der Waals surface area contributed by atoms with E-state index >= 15 is 0 Å². The van der Waals surface area contributed by atoms with Gasteiger partial charge in [-0.25, -0.2) is 0 Å². The molecule has 0 aliphatic rings. The van der Waals surface area contributed by atoms with Crippen LogP contribution < -0.4 is 15.4 Å². The van der Waals surface area contributed by atoms with Crippen molar-refractivity contribution in [3.05, 3.63) is 60.2 Å². The molecule has 0 radical (unpaired) electrons. The maximum Gasteiger partial charge on any atom is 0.246 e. The number of rotatable bonds is 10. The maximum atomic E-state index is 13.2. The quantitative estimate of drug-likeness (QED) is 0.661. The van der Waals surface area contributed by atoms with Gasteiger partial charge in [-0.3, -0.25) is 14.5 Å². The van der Waals surface area contributed by atoms with E-state index in [1.54, 1.807) is 18.0 Å². The molecule has 2 aromatic carbocycles. The number of nitrogens with one attached hydrogen (secondary N) is 2. The van der Waals surface area contributed by atoms with Gasteiger partial charge in [0, 0.05) is 6.54 Å². The van der Waals surface area contributed by atoms with E-state index in [0.29, 0.717) is 24.6 Å². The minimum atomic E-state index is -0.608. The summed E-state index contributed by atoms with van der Waals surface area (Å²) in [7, 11) is 1.78. The van der Waals surface area contributed by atoms with Gasteiger partial charge >= 0.3 is 0 Å². The summed E-state index contributed by atoms with van der Waals surface area (Å²) >= 11 is 0. The topological polar surface area (TPSA) is 70.7 Å². The Labute approximate surface area is 166 Å². The summed E-state index contributed by atoms with van der Waals surface area (Å²) in [4.78, 5) is 27.1. The average molecular weight is 383 g/mol. The fourth-order valence-corrected chi connectivity index (χ4v) is 2.93. The third-order valence-electron chi connectivity index (χ3n) is 4.21. The van der Waals surface area contributed by atoms with Gasteiger partial charge in [-0.15, -0.1) is 0 Å². The van der Waals surface area contributed by atoms with Gasteiger partial charge in [-0.2, -0.15) is 0 Å². The molecule has 0 fully saturated rings. The first-order valence-corrected chi connectivity index (χ1v) is 9.61. The lowest BCUT2D eigenvalue weighted by Gasteiger charge is -2.27. The minimum Gasteiger partial charge on any atom is -0.492 e. The number of para-hydroxylation sites is 2. The summed E-state index contributed by atoms with van der Waals surface area (Å²) in [5.74, 6) is 0.297. The van der Waals surface area contributed by atoms with Crippen LogP contribution in [-0.2, 0) is 9.59 Å². The molecule has 0 saturated heterocycles. The summed E-state index contributed by atoms with van der Waals surface area (Å²) in [6.07, 6.45) is 0.867. The molecule has 2 amide bonds. The molecule has 0 saturated carbocycles. The molecule has 0 aliphatic heterocycles. The SMILES string of the molecule is CCCNC(=O)CN(C)[C@@H](C(=O)Nc1ccccc1OCC)c1ccccc1. The van der Waals surface area contributed by atoms with Crippen molar-refractivity contribution >= 4 is 17.5 Å². The van der Waals surface area contributed by atoms with Gasteiger partial charge in [0.25, 0.3) is 0 Å². The van der Waals surface area contributed by atoms with Gasteiger partial charge in [0.15, 0.2) is 0 Å². The first-order chi connectivity index (χ1) is 13.6. The van der Waals surface area contributed by atoms with E-state index in [9.17, 15) is 9.59 Å². The lowest BCUT2D eigenvalue weighted by atomic mass is 10.0. The molecule has 2 N–H and O–H groups in total. The Kier molecular flexibility index (Phi) is 8.49. The van der Waals surface area contributed by atoms with Crippen LogP contribution in [-0.4, -0.2) is 43.5 Å². The van der Waals surface area contributed by atoms with Crippen LogP contribution >= 0.6 is 0 Å². The molecule has 0 spiro atoms. The van der Waals surface area contributed by atoms with E-state index in [0.717, 1.165) is 12.0 Å². The van der Waals surface area contributed by atoms with Gasteiger partial charge in [0.05, 0.1) is 18.8 Å². The number of carbonyl (C=O) groups excluding carboxylic acids is 2. The molecule has 0 aromatic heterocycles. The van der Waals surface area contributed by atoms with E-state index in [4.69, 9.17) is 4.74 Å². The van der Waals surface area contributed by atoms with Crippen LogP contribution in [0, 0.1) is 0 Å². The third kappa shape index (κ3) is 6.09. The molecule has 1 atom stereocenters. The van der Waals surface area contributed by atoms with Crippen molar-refractivity contribution in [2.75, 3.05) is 32.1 Å². The molecule has 6 heteroatoms. The number of benzene rings is 2. The average Bonchev–Trinajstić information content (AvgIpc) is 2.69. The van der Waals surface area contributed by atoms with Crippen molar-refractivity contribution in [3.63, 3.8) is 0 Å².